The van der Waals surface area contributed by atoms with Gasteiger partial charge in [-0.25, -0.2) is 4.79 Å². The first kappa shape index (κ1) is 8.01. The van der Waals surface area contributed by atoms with Crippen LogP contribution in [0.15, 0.2) is 11.8 Å². The van der Waals surface area contributed by atoms with Gasteiger partial charge in [0.2, 0.25) is 0 Å². The molecule has 3 heteroatoms. The fourth-order valence-electron chi connectivity index (χ4n) is 0.234. The van der Waals surface area contributed by atoms with Crippen molar-refractivity contribution in [2.24, 2.45) is 0 Å². The molecule has 0 radical (unpaired) electrons. The molecule has 0 bridgehead atoms. The highest BCUT2D eigenvalue weighted by atomic mass is 16.7. The zero-order valence-corrected chi connectivity index (χ0v) is 5.55. The Morgan fingerprint density at radius 1 is 1.78 bits per heavy atom. The lowest BCUT2D eigenvalue weighted by atomic mass is 10.3. The second kappa shape index (κ2) is 3.95. The van der Waals surface area contributed by atoms with Crippen molar-refractivity contribution < 1.29 is 14.6 Å². The van der Waals surface area contributed by atoms with E-state index in [-0.39, 0.29) is 0 Å². The van der Waals surface area contributed by atoms with Crippen molar-refractivity contribution in [2.45, 2.75) is 20.3 Å². The lowest BCUT2D eigenvalue weighted by Crippen LogP contribution is -1.92. The molecule has 0 aromatic carbocycles. The summed E-state index contributed by atoms with van der Waals surface area (Å²) in [7, 11) is 0. The van der Waals surface area contributed by atoms with Crippen LogP contribution in [-0.2, 0) is 4.74 Å². The summed E-state index contributed by atoms with van der Waals surface area (Å²) in [5.74, 6) is 0. The monoisotopic (exact) mass is 130 g/mol. The maximum Gasteiger partial charge on any atom is 0.510 e. The summed E-state index contributed by atoms with van der Waals surface area (Å²) < 4.78 is 4.15. The van der Waals surface area contributed by atoms with Crippen molar-refractivity contribution >= 4 is 6.16 Å². The number of hydrogen-bond donors (Lipinski definition) is 1. The normalized spacial score (nSPS) is 11.1. The zero-order valence-electron chi connectivity index (χ0n) is 5.55. The molecule has 0 rings (SSSR count). The number of carbonyl (C=O) groups is 1. The van der Waals surface area contributed by atoms with Gasteiger partial charge in [-0.2, -0.15) is 0 Å². The molecule has 3 nitrogen and oxygen atoms in total. The topological polar surface area (TPSA) is 46.5 Å². The lowest BCUT2D eigenvalue weighted by Gasteiger charge is -1.92. The molecule has 0 aromatic rings. The predicted molar refractivity (Wildman–Crippen MR) is 33.2 cm³/mol. The Kier molecular flexibility index (Phi) is 3.51. The minimum atomic E-state index is -1.26. The van der Waals surface area contributed by atoms with E-state index in [1.807, 2.05) is 13.8 Å². The highest BCUT2D eigenvalue weighted by Crippen LogP contribution is 1.97. The standard InChI is InChI=1S/C6H10O3/c1-3-5(2)4-9-6(7)8/h4H,3H2,1-2H3,(H,7,8)/b5-4+. The van der Waals surface area contributed by atoms with Crippen molar-refractivity contribution in [3.8, 4) is 0 Å². The first-order valence-electron chi connectivity index (χ1n) is 2.72. The Morgan fingerprint density at radius 2 is 2.33 bits per heavy atom. The molecule has 9 heavy (non-hydrogen) atoms. The Labute approximate surface area is 53.9 Å². The number of ether oxygens (including phenoxy) is 1. The second-order valence-electron chi connectivity index (χ2n) is 1.70. The maximum atomic E-state index is 9.75. The average Bonchev–Trinajstić information content (AvgIpc) is 1.83. The van der Waals surface area contributed by atoms with Gasteiger partial charge in [-0.05, 0) is 18.9 Å². The molecular weight excluding hydrogens is 120 g/mol. The summed E-state index contributed by atoms with van der Waals surface area (Å²) in [5, 5.41) is 7.99. The van der Waals surface area contributed by atoms with E-state index in [0.717, 1.165) is 12.0 Å². The van der Waals surface area contributed by atoms with Gasteiger partial charge in [0.15, 0.2) is 0 Å². The third-order valence-electron chi connectivity index (χ3n) is 0.919. The molecule has 0 spiro atoms. The first-order chi connectivity index (χ1) is 4.16. The Balaban J connectivity index is 3.56. The quantitative estimate of drug-likeness (QED) is 0.459. The molecule has 0 aliphatic heterocycles. The van der Waals surface area contributed by atoms with Crippen LogP contribution in [0.5, 0.6) is 0 Å². The number of rotatable bonds is 2. The second-order valence-corrected chi connectivity index (χ2v) is 1.70. The summed E-state index contributed by atoms with van der Waals surface area (Å²) in [4.78, 5) is 9.75. The maximum absolute atomic E-state index is 9.75. The minimum absolute atomic E-state index is 0.813. The van der Waals surface area contributed by atoms with Gasteiger partial charge in [0.05, 0.1) is 6.26 Å². The summed E-state index contributed by atoms with van der Waals surface area (Å²) in [6, 6.07) is 0. The number of allylic oxidation sites excluding steroid dienone is 1. The van der Waals surface area contributed by atoms with Crippen LogP contribution >= 0.6 is 0 Å². The van der Waals surface area contributed by atoms with E-state index in [9.17, 15) is 4.79 Å². The van der Waals surface area contributed by atoms with Gasteiger partial charge in [0, 0.05) is 0 Å². The van der Waals surface area contributed by atoms with Crippen molar-refractivity contribution in [1.29, 1.82) is 0 Å². The highest BCUT2D eigenvalue weighted by Gasteiger charge is 1.90. The molecule has 0 amide bonds. The van der Waals surface area contributed by atoms with Crippen LogP contribution in [0.4, 0.5) is 4.79 Å². The van der Waals surface area contributed by atoms with Crippen molar-refractivity contribution in [3.63, 3.8) is 0 Å². The van der Waals surface area contributed by atoms with E-state index < -0.39 is 6.16 Å². The van der Waals surface area contributed by atoms with Crippen LogP contribution in [0.3, 0.4) is 0 Å². The van der Waals surface area contributed by atoms with Crippen LogP contribution in [0.2, 0.25) is 0 Å². The fraction of sp³-hybridized carbons (Fsp3) is 0.500. The molecule has 52 valence electrons. The highest BCUT2D eigenvalue weighted by molar-refractivity contribution is 5.57. The van der Waals surface area contributed by atoms with Crippen molar-refractivity contribution in [1.82, 2.24) is 0 Å². The number of carboxylic acid groups (broad SMARTS) is 1. The molecule has 0 unspecified atom stereocenters. The Morgan fingerprint density at radius 3 is 2.67 bits per heavy atom. The molecule has 0 aliphatic rings. The summed E-state index contributed by atoms with van der Waals surface area (Å²) in [5.41, 5.74) is 0.914. The van der Waals surface area contributed by atoms with E-state index in [2.05, 4.69) is 4.74 Å². The van der Waals surface area contributed by atoms with Gasteiger partial charge >= 0.3 is 6.16 Å². The first-order valence-corrected chi connectivity index (χ1v) is 2.72. The van der Waals surface area contributed by atoms with E-state index in [1.165, 1.54) is 6.26 Å². The molecule has 0 aliphatic carbocycles. The Bertz CT molecular complexity index is 126. The van der Waals surface area contributed by atoms with Gasteiger partial charge in [0.1, 0.15) is 0 Å². The molecule has 0 saturated heterocycles. The third kappa shape index (κ3) is 4.87. The van der Waals surface area contributed by atoms with Crippen molar-refractivity contribution in [2.75, 3.05) is 0 Å². The van der Waals surface area contributed by atoms with Crippen LogP contribution in [-0.4, -0.2) is 11.3 Å². The van der Waals surface area contributed by atoms with Crippen molar-refractivity contribution in [3.05, 3.63) is 11.8 Å². The van der Waals surface area contributed by atoms with E-state index >= 15 is 0 Å². The molecule has 1 N–H and O–H groups in total. The summed E-state index contributed by atoms with van der Waals surface area (Å²) >= 11 is 0. The smallest absolute Gasteiger partial charge is 0.449 e. The third-order valence-corrected chi connectivity index (χ3v) is 0.919. The number of hydrogen-bond acceptors (Lipinski definition) is 2. The van der Waals surface area contributed by atoms with Crippen LogP contribution in [0, 0.1) is 0 Å². The van der Waals surface area contributed by atoms with E-state index in [1.54, 1.807) is 0 Å². The van der Waals surface area contributed by atoms with Crippen LogP contribution in [0.1, 0.15) is 20.3 Å². The minimum Gasteiger partial charge on any atom is -0.449 e. The molecular formula is C6H10O3. The van der Waals surface area contributed by atoms with Crippen LogP contribution < -0.4 is 0 Å². The lowest BCUT2D eigenvalue weighted by molar-refractivity contribution is 0.127. The van der Waals surface area contributed by atoms with Gasteiger partial charge in [-0.1, -0.05) is 6.92 Å². The average molecular weight is 130 g/mol. The largest absolute Gasteiger partial charge is 0.510 e. The van der Waals surface area contributed by atoms with E-state index in [4.69, 9.17) is 5.11 Å². The molecule has 0 fully saturated rings. The molecule has 0 aromatic heterocycles. The SMILES string of the molecule is CC/C(C)=C/OC(=O)O. The molecule has 0 atom stereocenters. The Hall–Kier alpha value is -0.990. The van der Waals surface area contributed by atoms with Gasteiger partial charge in [-0.3, -0.25) is 0 Å². The zero-order chi connectivity index (χ0) is 7.28. The van der Waals surface area contributed by atoms with E-state index in [0.29, 0.717) is 0 Å². The van der Waals surface area contributed by atoms with Gasteiger partial charge in [0.25, 0.3) is 0 Å². The molecule has 0 heterocycles. The molecule has 0 saturated carbocycles. The predicted octanol–water partition coefficient (Wildman–Crippen LogP) is 1.99. The summed E-state index contributed by atoms with van der Waals surface area (Å²) in [6.45, 7) is 3.74. The van der Waals surface area contributed by atoms with Crippen LogP contribution in [0.25, 0.3) is 0 Å². The van der Waals surface area contributed by atoms with Gasteiger partial charge in [-0.15, -0.1) is 0 Å². The summed E-state index contributed by atoms with van der Waals surface area (Å²) in [6.07, 6.45) is 0.790. The van der Waals surface area contributed by atoms with Gasteiger partial charge < -0.3 is 9.84 Å². The fourth-order valence-corrected chi connectivity index (χ4v) is 0.234.